The van der Waals surface area contributed by atoms with Gasteiger partial charge in [0.05, 0.1) is 6.10 Å². The molecular formula is C16H19NOS. The van der Waals surface area contributed by atoms with Crippen molar-refractivity contribution in [2.24, 2.45) is 0 Å². The van der Waals surface area contributed by atoms with Gasteiger partial charge in [-0.15, -0.1) is 11.8 Å². The van der Waals surface area contributed by atoms with Gasteiger partial charge in [-0.1, -0.05) is 29.8 Å². The number of hydrogen-bond donors (Lipinski definition) is 2. The highest BCUT2D eigenvalue weighted by atomic mass is 32.2. The van der Waals surface area contributed by atoms with Crippen LogP contribution in [0.3, 0.4) is 0 Å². The SMILES string of the molecule is Cc1ccc(C)c(SCC(O)c2ccc(N)cc2)c1. The second-order valence-electron chi connectivity index (χ2n) is 4.76. The number of anilines is 1. The number of rotatable bonds is 4. The fraction of sp³-hybridized carbons (Fsp3) is 0.250. The summed E-state index contributed by atoms with van der Waals surface area (Å²) in [5, 5.41) is 10.2. The number of benzene rings is 2. The van der Waals surface area contributed by atoms with Crippen molar-refractivity contribution in [3.63, 3.8) is 0 Å². The molecule has 0 fully saturated rings. The summed E-state index contributed by atoms with van der Waals surface area (Å²) in [4.78, 5) is 1.23. The molecule has 1 unspecified atom stereocenters. The molecule has 0 aromatic heterocycles. The lowest BCUT2D eigenvalue weighted by molar-refractivity contribution is 0.204. The molecule has 0 aliphatic rings. The third-order valence-electron chi connectivity index (χ3n) is 3.06. The Hall–Kier alpha value is -1.45. The van der Waals surface area contributed by atoms with Crippen LogP contribution in [-0.4, -0.2) is 10.9 Å². The molecule has 2 aromatic carbocycles. The van der Waals surface area contributed by atoms with Crippen molar-refractivity contribution >= 4 is 17.4 Å². The molecule has 19 heavy (non-hydrogen) atoms. The van der Waals surface area contributed by atoms with Gasteiger partial charge >= 0.3 is 0 Å². The smallest absolute Gasteiger partial charge is 0.0883 e. The van der Waals surface area contributed by atoms with Gasteiger partial charge in [-0.05, 0) is 43.2 Å². The lowest BCUT2D eigenvalue weighted by Crippen LogP contribution is -2.01. The Labute approximate surface area is 118 Å². The van der Waals surface area contributed by atoms with Crippen molar-refractivity contribution in [3.05, 3.63) is 59.2 Å². The van der Waals surface area contributed by atoms with Crippen LogP contribution in [0, 0.1) is 13.8 Å². The molecule has 0 saturated heterocycles. The average Bonchev–Trinajstić information content (AvgIpc) is 2.40. The van der Waals surface area contributed by atoms with Crippen LogP contribution in [0.2, 0.25) is 0 Å². The van der Waals surface area contributed by atoms with Crippen molar-refractivity contribution < 1.29 is 5.11 Å². The summed E-state index contributed by atoms with van der Waals surface area (Å²) in [7, 11) is 0. The molecule has 100 valence electrons. The van der Waals surface area contributed by atoms with Gasteiger partial charge in [-0.2, -0.15) is 0 Å². The van der Waals surface area contributed by atoms with Crippen molar-refractivity contribution in [1.29, 1.82) is 0 Å². The van der Waals surface area contributed by atoms with E-state index in [0.717, 1.165) is 11.3 Å². The molecule has 0 heterocycles. The van der Waals surface area contributed by atoms with Crippen LogP contribution in [0.4, 0.5) is 5.69 Å². The fourth-order valence-electron chi connectivity index (χ4n) is 1.85. The van der Waals surface area contributed by atoms with Crippen molar-refractivity contribution in [2.45, 2.75) is 24.8 Å². The number of nitrogen functional groups attached to an aromatic ring is 1. The Kier molecular flexibility index (Phi) is 4.51. The first-order chi connectivity index (χ1) is 9.06. The second kappa shape index (κ2) is 6.13. The van der Waals surface area contributed by atoms with E-state index in [2.05, 4.69) is 32.0 Å². The summed E-state index contributed by atoms with van der Waals surface area (Å²) in [6, 6.07) is 13.8. The van der Waals surface area contributed by atoms with Crippen LogP contribution in [0.15, 0.2) is 47.4 Å². The Balaban J connectivity index is 2.02. The topological polar surface area (TPSA) is 46.2 Å². The first-order valence-electron chi connectivity index (χ1n) is 6.30. The van der Waals surface area contributed by atoms with Crippen LogP contribution >= 0.6 is 11.8 Å². The Morgan fingerprint density at radius 2 is 1.79 bits per heavy atom. The molecule has 3 N–H and O–H groups in total. The van der Waals surface area contributed by atoms with Crippen LogP contribution in [0.5, 0.6) is 0 Å². The highest BCUT2D eigenvalue weighted by molar-refractivity contribution is 7.99. The van der Waals surface area contributed by atoms with E-state index in [1.165, 1.54) is 16.0 Å². The quantitative estimate of drug-likeness (QED) is 0.659. The number of nitrogens with two attached hydrogens (primary N) is 1. The molecule has 0 aliphatic carbocycles. The van der Waals surface area contributed by atoms with Gasteiger partial charge in [0.2, 0.25) is 0 Å². The monoisotopic (exact) mass is 273 g/mol. The van der Waals surface area contributed by atoms with Crippen LogP contribution in [0.25, 0.3) is 0 Å². The zero-order valence-electron chi connectivity index (χ0n) is 11.3. The molecule has 2 rings (SSSR count). The minimum atomic E-state index is -0.467. The maximum Gasteiger partial charge on any atom is 0.0883 e. The third kappa shape index (κ3) is 3.75. The van der Waals surface area contributed by atoms with E-state index < -0.39 is 6.10 Å². The van der Waals surface area contributed by atoms with E-state index in [4.69, 9.17) is 5.73 Å². The predicted molar refractivity (Wildman–Crippen MR) is 82.5 cm³/mol. The number of hydrogen-bond acceptors (Lipinski definition) is 3. The summed E-state index contributed by atoms with van der Waals surface area (Å²) in [5.74, 6) is 0.647. The molecule has 2 nitrogen and oxygen atoms in total. The summed E-state index contributed by atoms with van der Waals surface area (Å²) >= 11 is 1.69. The number of aryl methyl sites for hydroxylation is 2. The predicted octanol–water partition coefficient (Wildman–Crippen LogP) is 3.71. The van der Waals surface area contributed by atoms with Gasteiger partial charge in [-0.25, -0.2) is 0 Å². The Bertz CT molecular complexity index is 551. The van der Waals surface area contributed by atoms with Crippen molar-refractivity contribution in [3.8, 4) is 0 Å². The van der Waals surface area contributed by atoms with E-state index >= 15 is 0 Å². The summed E-state index contributed by atoms with van der Waals surface area (Å²) in [6.07, 6.45) is -0.467. The number of aliphatic hydroxyl groups excluding tert-OH is 1. The first kappa shape index (κ1) is 14.0. The van der Waals surface area contributed by atoms with Gasteiger partial charge in [0.1, 0.15) is 0 Å². The molecule has 0 aliphatic heterocycles. The maximum absolute atomic E-state index is 10.2. The van der Waals surface area contributed by atoms with E-state index in [1.54, 1.807) is 11.8 Å². The maximum atomic E-state index is 10.2. The average molecular weight is 273 g/mol. The molecule has 3 heteroatoms. The van der Waals surface area contributed by atoms with E-state index in [0.29, 0.717) is 5.75 Å². The number of thioether (sulfide) groups is 1. The minimum Gasteiger partial charge on any atom is -0.399 e. The van der Waals surface area contributed by atoms with Gasteiger partial charge in [0.15, 0.2) is 0 Å². The lowest BCUT2D eigenvalue weighted by atomic mass is 10.1. The van der Waals surface area contributed by atoms with E-state index in [1.807, 2.05) is 24.3 Å². The molecule has 1 atom stereocenters. The largest absolute Gasteiger partial charge is 0.399 e. The van der Waals surface area contributed by atoms with Gasteiger partial charge in [-0.3, -0.25) is 0 Å². The molecule has 0 radical (unpaired) electrons. The van der Waals surface area contributed by atoms with Gasteiger partial charge in [0.25, 0.3) is 0 Å². The van der Waals surface area contributed by atoms with Crippen LogP contribution in [-0.2, 0) is 0 Å². The summed E-state index contributed by atoms with van der Waals surface area (Å²) in [6.45, 7) is 4.18. The van der Waals surface area contributed by atoms with Crippen LogP contribution in [0.1, 0.15) is 22.8 Å². The Morgan fingerprint density at radius 3 is 2.47 bits per heavy atom. The molecule has 0 amide bonds. The van der Waals surface area contributed by atoms with E-state index in [9.17, 15) is 5.11 Å². The Morgan fingerprint density at radius 1 is 1.11 bits per heavy atom. The fourth-order valence-corrected chi connectivity index (χ4v) is 2.94. The van der Waals surface area contributed by atoms with Crippen molar-refractivity contribution in [2.75, 3.05) is 11.5 Å². The first-order valence-corrected chi connectivity index (χ1v) is 7.28. The molecular weight excluding hydrogens is 254 g/mol. The highest BCUT2D eigenvalue weighted by Crippen LogP contribution is 2.28. The minimum absolute atomic E-state index is 0.467. The highest BCUT2D eigenvalue weighted by Gasteiger charge is 2.09. The normalized spacial score (nSPS) is 12.4. The van der Waals surface area contributed by atoms with E-state index in [-0.39, 0.29) is 0 Å². The lowest BCUT2D eigenvalue weighted by Gasteiger charge is -2.12. The summed E-state index contributed by atoms with van der Waals surface area (Å²) in [5.41, 5.74) is 9.77. The molecule has 0 bridgehead atoms. The number of aliphatic hydroxyl groups is 1. The summed E-state index contributed by atoms with van der Waals surface area (Å²) < 4.78 is 0. The molecule has 0 saturated carbocycles. The van der Waals surface area contributed by atoms with Gasteiger partial charge in [0, 0.05) is 16.3 Å². The second-order valence-corrected chi connectivity index (χ2v) is 5.82. The zero-order valence-corrected chi connectivity index (χ0v) is 12.1. The van der Waals surface area contributed by atoms with Crippen molar-refractivity contribution in [1.82, 2.24) is 0 Å². The van der Waals surface area contributed by atoms with Gasteiger partial charge < -0.3 is 10.8 Å². The van der Waals surface area contributed by atoms with Crippen LogP contribution < -0.4 is 5.73 Å². The molecule has 0 spiro atoms. The standard InChI is InChI=1S/C16H19NOS/c1-11-3-4-12(2)16(9-11)19-10-15(18)13-5-7-14(17)8-6-13/h3-9,15,18H,10,17H2,1-2H3. The third-order valence-corrected chi connectivity index (χ3v) is 4.29. The zero-order chi connectivity index (χ0) is 13.8. The molecule has 2 aromatic rings.